The van der Waals surface area contributed by atoms with Gasteiger partial charge in [0.1, 0.15) is 5.56 Å². The lowest BCUT2D eigenvalue weighted by atomic mass is 10.0. The fourth-order valence-electron chi connectivity index (χ4n) is 3.66. The minimum absolute atomic E-state index is 0.230. The minimum atomic E-state index is -0.316. The maximum atomic E-state index is 13.3. The number of halogens is 1. The van der Waals surface area contributed by atoms with Crippen molar-refractivity contribution in [2.75, 3.05) is 5.32 Å². The van der Waals surface area contributed by atoms with Crippen LogP contribution in [0.2, 0.25) is 0 Å². The number of pyridine rings is 1. The van der Waals surface area contributed by atoms with Gasteiger partial charge in [0.15, 0.2) is 0 Å². The average molecular weight is 447 g/mol. The van der Waals surface area contributed by atoms with Crippen LogP contribution < -0.4 is 10.7 Å². The SMILES string of the molecule is CCCCn1c(C)c(Br)c(=O)c(C(=O)Nc2c(CC)cccc2CC)c1CC. The average Bonchev–Trinajstić information content (AvgIpc) is 2.70. The second-order valence-electron chi connectivity index (χ2n) is 7.02. The van der Waals surface area contributed by atoms with Crippen LogP contribution in [0, 0.1) is 6.92 Å². The molecule has 2 aromatic rings. The Bertz CT molecular complexity index is 894. The Morgan fingerprint density at radius 3 is 2.18 bits per heavy atom. The number of rotatable bonds is 8. The zero-order valence-corrected chi connectivity index (χ0v) is 19.2. The summed E-state index contributed by atoms with van der Waals surface area (Å²) < 4.78 is 2.60. The molecule has 0 saturated heterocycles. The number of carbonyl (C=O) groups excluding carboxylic acids is 1. The van der Waals surface area contributed by atoms with Crippen molar-refractivity contribution in [2.45, 2.75) is 73.3 Å². The number of unbranched alkanes of at least 4 members (excludes halogenated alkanes) is 1. The van der Waals surface area contributed by atoms with Crippen LogP contribution in [0.15, 0.2) is 27.5 Å². The normalized spacial score (nSPS) is 10.9. The fraction of sp³-hybridized carbons (Fsp3) is 0.478. The number of amides is 1. The highest BCUT2D eigenvalue weighted by Gasteiger charge is 2.23. The van der Waals surface area contributed by atoms with Crippen molar-refractivity contribution < 1.29 is 4.79 Å². The van der Waals surface area contributed by atoms with Crippen LogP contribution in [-0.4, -0.2) is 10.5 Å². The molecule has 0 atom stereocenters. The molecule has 2 rings (SSSR count). The van der Waals surface area contributed by atoms with Crippen molar-refractivity contribution in [3.05, 3.63) is 61.0 Å². The number of para-hydroxylation sites is 1. The Morgan fingerprint density at radius 1 is 1.07 bits per heavy atom. The van der Waals surface area contributed by atoms with Crippen molar-refractivity contribution in [3.63, 3.8) is 0 Å². The van der Waals surface area contributed by atoms with E-state index < -0.39 is 0 Å². The summed E-state index contributed by atoms with van der Waals surface area (Å²) in [6.07, 6.45) is 4.33. The molecule has 0 aliphatic carbocycles. The highest BCUT2D eigenvalue weighted by atomic mass is 79.9. The molecule has 0 saturated carbocycles. The van der Waals surface area contributed by atoms with Gasteiger partial charge in [-0.25, -0.2) is 0 Å². The molecule has 1 amide bonds. The lowest BCUT2D eigenvalue weighted by Gasteiger charge is -2.21. The van der Waals surface area contributed by atoms with E-state index in [0.29, 0.717) is 10.9 Å². The van der Waals surface area contributed by atoms with E-state index in [1.54, 1.807) is 0 Å². The van der Waals surface area contributed by atoms with E-state index in [1.165, 1.54) is 0 Å². The minimum Gasteiger partial charge on any atom is -0.347 e. The van der Waals surface area contributed by atoms with Gasteiger partial charge in [0.25, 0.3) is 5.91 Å². The Balaban J connectivity index is 2.61. The van der Waals surface area contributed by atoms with E-state index in [1.807, 2.05) is 32.0 Å². The summed E-state index contributed by atoms with van der Waals surface area (Å²) in [5, 5.41) is 3.07. The van der Waals surface area contributed by atoms with Crippen LogP contribution in [0.3, 0.4) is 0 Å². The molecular formula is C23H31BrN2O2. The first-order valence-corrected chi connectivity index (χ1v) is 11.0. The molecule has 152 valence electrons. The number of benzene rings is 1. The highest BCUT2D eigenvalue weighted by molar-refractivity contribution is 9.10. The van der Waals surface area contributed by atoms with Crippen LogP contribution in [0.25, 0.3) is 0 Å². The first-order chi connectivity index (χ1) is 13.4. The number of hydrogen-bond acceptors (Lipinski definition) is 2. The molecule has 0 aliphatic heterocycles. The summed E-state index contributed by atoms with van der Waals surface area (Å²) in [6, 6.07) is 6.07. The molecule has 0 fully saturated rings. The van der Waals surface area contributed by atoms with Crippen LogP contribution in [-0.2, 0) is 25.8 Å². The lowest BCUT2D eigenvalue weighted by Crippen LogP contribution is -2.30. The number of aryl methyl sites for hydroxylation is 2. The Hall–Kier alpha value is -1.88. The third-order valence-corrected chi connectivity index (χ3v) is 6.23. The quantitative estimate of drug-likeness (QED) is 0.568. The van der Waals surface area contributed by atoms with Crippen molar-refractivity contribution >= 4 is 27.5 Å². The number of aromatic nitrogens is 1. The summed E-state index contributed by atoms with van der Waals surface area (Å²) in [5.74, 6) is -0.316. The summed E-state index contributed by atoms with van der Waals surface area (Å²) in [6.45, 7) is 11.0. The third kappa shape index (κ3) is 4.40. The number of nitrogens with zero attached hydrogens (tertiary/aromatic N) is 1. The lowest BCUT2D eigenvalue weighted by molar-refractivity contribution is 0.102. The van der Waals surface area contributed by atoms with Crippen molar-refractivity contribution in [2.24, 2.45) is 0 Å². The van der Waals surface area contributed by atoms with E-state index in [9.17, 15) is 9.59 Å². The fourth-order valence-corrected chi connectivity index (χ4v) is 4.07. The number of nitrogens with one attached hydrogen (secondary N) is 1. The smallest absolute Gasteiger partial charge is 0.261 e. The van der Waals surface area contributed by atoms with E-state index in [-0.39, 0.29) is 16.9 Å². The molecule has 5 heteroatoms. The Labute approximate surface area is 176 Å². The number of hydrogen-bond donors (Lipinski definition) is 1. The van der Waals surface area contributed by atoms with Crippen molar-refractivity contribution in [1.82, 2.24) is 4.57 Å². The van der Waals surface area contributed by atoms with Gasteiger partial charge in [-0.3, -0.25) is 9.59 Å². The molecule has 1 heterocycles. The van der Waals surface area contributed by atoms with Gasteiger partial charge in [0, 0.05) is 23.6 Å². The summed E-state index contributed by atoms with van der Waals surface area (Å²) in [4.78, 5) is 26.3. The van der Waals surface area contributed by atoms with Crippen LogP contribution in [0.5, 0.6) is 0 Å². The first kappa shape index (κ1) is 22.4. The monoisotopic (exact) mass is 446 g/mol. The van der Waals surface area contributed by atoms with Gasteiger partial charge in [-0.2, -0.15) is 0 Å². The summed E-state index contributed by atoms with van der Waals surface area (Å²) >= 11 is 3.43. The molecular weight excluding hydrogens is 416 g/mol. The maximum Gasteiger partial charge on any atom is 0.261 e. The van der Waals surface area contributed by atoms with E-state index in [4.69, 9.17) is 0 Å². The van der Waals surface area contributed by atoms with Crippen LogP contribution in [0.4, 0.5) is 5.69 Å². The molecule has 1 aromatic heterocycles. The summed E-state index contributed by atoms with van der Waals surface area (Å²) in [7, 11) is 0. The molecule has 0 spiro atoms. The number of carbonyl (C=O) groups is 1. The van der Waals surface area contributed by atoms with Gasteiger partial charge in [-0.1, -0.05) is 52.3 Å². The number of anilines is 1. The highest BCUT2D eigenvalue weighted by Crippen LogP contribution is 2.25. The van der Waals surface area contributed by atoms with Gasteiger partial charge < -0.3 is 9.88 Å². The molecule has 0 radical (unpaired) electrons. The molecule has 28 heavy (non-hydrogen) atoms. The van der Waals surface area contributed by atoms with Crippen LogP contribution >= 0.6 is 15.9 Å². The van der Waals surface area contributed by atoms with E-state index in [2.05, 4.69) is 46.6 Å². The second kappa shape index (κ2) is 10.1. The summed E-state index contributed by atoms with van der Waals surface area (Å²) in [5.41, 5.74) is 4.73. The van der Waals surface area contributed by atoms with E-state index >= 15 is 0 Å². The largest absolute Gasteiger partial charge is 0.347 e. The molecule has 1 N–H and O–H groups in total. The zero-order valence-electron chi connectivity index (χ0n) is 17.6. The molecule has 0 unspecified atom stereocenters. The molecule has 4 nitrogen and oxygen atoms in total. The zero-order chi connectivity index (χ0) is 20.8. The molecule has 1 aromatic carbocycles. The van der Waals surface area contributed by atoms with Gasteiger partial charge in [0.05, 0.1) is 4.47 Å². The second-order valence-corrected chi connectivity index (χ2v) is 7.81. The van der Waals surface area contributed by atoms with Gasteiger partial charge >= 0.3 is 0 Å². The Morgan fingerprint density at radius 2 is 1.68 bits per heavy atom. The van der Waals surface area contributed by atoms with Gasteiger partial charge in [-0.05, 0) is 59.7 Å². The predicted octanol–water partition coefficient (Wildman–Crippen LogP) is 5.66. The first-order valence-electron chi connectivity index (χ1n) is 10.2. The van der Waals surface area contributed by atoms with Crippen LogP contribution in [0.1, 0.15) is 73.4 Å². The standard InChI is InChI=1S/C23H31BrN2O2/c1-6-10-14-26-15(5)20(24)22(27)19(18(26)9-4)23(28)25-21-16(7-2)12-11-13-17(21)8-3/h11-13H,6-10,14H2,1-5H3,(H,25,28). The maximum absolute atomic E-state index is 13.3. The predicted molar refractivity (Wildman–Crippen MR) is 121 cm³/mol. The van der Waals surface area contributed by atoms with E-state index in [0.717, 1.165) is 60.4 Å². The topological polar surface area (TPSA) is 51.1 Å². The third-order valence-electron chi connectivity index (χ3n) is 5.30. The van der Waals surface area contributed by atoms with Crippen molar-refractivity contribution in [3.8, 4) is 0 Å². The van der Waals surface area contributed by atoms with Gasteiger partial charge in [-0.15, -0.1) is 0 Å². The molecule has 0 bridgehead atoms. The Kier molecular flexibility index (Phi) is 8.05. The van der Waals surface area contributed by atoms with Crippen molar-refractivity contribution in [1.29, 1.82) is 0 Å². The van der Waals surface area contributed by atoms with Gasteiger partial charge in [0.2, 0.25) is 5.43 Å². The molecule has 0 aliphatic rings.